The number of hydrogen-bond donors (Lipinski definition) is 2. The Morgan fingerprint density at radius 2 is 1.67 bits per heavy atom. The van der Waals surface area contributed by atoms with Crippen molar-refractivity contribution in [1.82, 2.24) is 9.71 Å². The highest BCUT2D eigenvalue weighted by atomic mass is 16.5. The zero-order chi connectivity index (χ0) is 15.1. The molecule has 0 aromatic carbocycles. The zero-order valence-corrected chi connectivity index (χ0v) is 12.1. The first kappa shape index (κ1) is 14.8. The molecule has 0 saturated carbocycles. The first-order valence-corrected chi connectivity index (χ1v) is 7.58. The highest BCUT2D eigenvalue weighted by Crippen LogP contribution is 2.44. The monoisotopic (exact) mass is 296 g/mol. The molecule has 116 valence electrons. The van der Waals surface area contributed by atoms with Gasteiger partial charge in [0.1, 0.15) is 0 Å². The molecule has 21 heavy (non-hydrogen) atoms. The number of nitrogens with zero attached hydrogens (tertiary/aromatic N) is 2. The quantitative estimate of drug-likeness (QED) is 0.657. The van der Waals surface area contributed by atoms with E-state index in [1.807, 2.05) is 4.81 Å². The molecule has 4 atom stereocenters. The summed E-state index contributed by atoms with van der Waals surface area (Å²) in [5.41, 5.74) is 0. The second-order valence-corrected chi connectivity index (χ2v) is 6.17. The Labute approximate surface area is 124 Å². The molecule has 3 aliphatic rings. The van der Waals surface area contributed by atoms with Crippen molar-refractivity contribution in [3.05, 3.63) is 0 Å². The van der Waals surface area contributed by atoms with Crippen LogP contribution >= 0.6 is 0 Å². The van der Waals surface area contributed by atoms with E-state index in [-0.39, 0.29) is 18.1 Å². The highest BCUT2D eigenvalue weighted by Gasteiger charge is 2.56. The van der Waals surface area contributed by atoms with Crippen LogP contribution in [0.5, 0.6) is 0 Å². The van der Waals surface area contributed by atoms with Crippen molar-refractivity contribution in [2.24, 2.45) is 11.8 Å². The molecule has 4 unspecified atom stereocenters. The molecule has 0 aromatic heterocycles. The lowest BCUT2D eigenvalue weighted by molar-refractivity contribution is -0.151. The van der Waals surface area contributed by atoms with Gasteiger partial charge in [-0.3, -0.25) is 9.59 Å². The molecule has 0 aliphatic carbocycles. The third-order valence-electron chi connectivity index (χ3n) is 5.00. The molecule has 1 amide bonds. The van der Waals surface area contributed by atoms with Gasteiger partial charge in [0.15, 0.2) is 0 Å². The van der Waals surface area contributed by atoms with Crippen molar-refractivity contribution in [2.75, 3.05) is 26.2 Å². The van der Waals surface area contributed by atoms with Gasteiger partial charge >= 0.3 is 13.0 Å². The number of aliphatic carboxylic acids is 1. The van der Waals surface area contributed by atoms with Crippen LogP contribution < -0.4 is 0 Å². The summed E-state index contributed by atoms with van der Waals surface area (Å²) in [7, 11) is -0.514. The molecule has 3 rings (SSSR count). The predicted molar refractivity (Wildman–Crippen MR) is 74.5 cm³/mol. The molecular formula is C13H21BN2O5. The van der Waals surface area contributed by atoms with Gasteiger partial charge in [0.2, 0.25) is 5.91 Å². The summed E-state index contributed by atoms with van der Waals surface area (Å²) in [5, 5.41) is 18.9. The van der Waals surface area contributed by atoms with Crippen molar-refractivity contribution in [3.63, 3.8) is 0 Å². The fourth-order valence-corrected chi connectivity index (χ4v) is 3.83. The number of rotatable bonds is 3. The molecule has 0 spiro atoms. The normalized spacial score (nSPS) is 36.0. The van der Waals surface area contributed by atoms with E-state index in [4.69, 9.17) is 4.74 Å². The van der Waals surface area contributed by atoms with E-state index in [1.165, 1.54) is 0 Å². The SMILES string of the molecule is CB(O)N1CCN(C(=O)C2C3CCC(O3)C2C(=O)O)CC1. The largest absolute Gasteiger partial charge is 0.481 e. The standard InChI is InChI=1S/C13H21BN2O5/c1-14(20)16-6-4-15(5-7-16)12(17)10-8-2-3-9(21-8)11(10)13(18)19/h8-11,20H,2-7H2,1H3,(H,18,19). The average molecular weight is 296 g/mol. The third-order valence-corrected chi connectivity index (χ3v) is 5.00. The molecular weight excluding hydrogens is 275 g/mol. The fourth-order valence-electron chi connectivity index (χ4n) is 3.83. The van der Waals surface area contributed by atoms with Gasteiger partial charge in [-0.05, 0) is 19.7 Å². The minimum Gasteiger partial charge on any atom is -0.481 e. The summed E-state index contributed by atoms with van der Waals surface area (Å²) < 4.78 is 5.65. The van der Waals surface area contributed by atoms with Gasteiger partial charge in [-0.2, -0.15) is 0 Å². The van der Waals surface area contributed by atoms with E-state index >= 15 is 0 Å². The van der Waals surface area contributed by atoms with Gasteiger partial charge in [0.05, 0.1) is 24.0 Å². The number of carboxylic acid groups (broad SMARTS) is 1. The van der Waals surface area contributed by atoms with Crippen LogP contribution in [0.4, 0.5) is 0 Å². The number of amides is 1. The Morgan fingerprint density at radius 1 is 1.10 bits per heavy atom. The van der Waals surface area contributed by atoms with Gasteiger partial charge in [0.25, 0.3) is 0 Å². The van der Waals surface area contributed by atoms with E-state index in [0.717, 1.165) is 12.8 Å². The molecule has 3 heterocycles. The maximum absolute atomic E-state index is 12.7. The molecule has 0 radical (unpaired) electrons. The molecule has 3 aliphatic heterocycles. The van der Waals surface area contributed by atoms with Gasteiger partial charge in [0, 0.05) is 26.2 Å². The highest BCUT2D eigenvalue weighted by molar-refractivity contribution is 6.45. The van der Waals surface area contributed by atoms with Crippen LogP contribution in [0.15, 0.2) is 0 Å². The minimum atomic E-state index is -0.928. The summed E-state index contributed by atoms with van der Waals surface area (Å²) in [5.74, 6) is -2.27. The maximum atomic E-state index is 12.7. The summed E-state index contributed by atoms with van der Waals surface area (Å²) in [6.07, 6.45) is 0.971. The first-order valence-electron chi connectivity index (χ1n) is 7.58. The van der Waals surface area contributed by atoms with E-state index in [2.05, 4.69) is 0 Å². The van der Waals surface area contributed by atoms with Crippen LogP contribution in [0, 0.1) is 11.8 Å². The fraction of sp³-hybridized carbons (Fsp3) is 0.846. The lowest BCUT2D eigenvalue weighted by atomic mass is 9.78. The molecule has 2 bridgehead atoms. The Balaban J connectivity index is 1.67. The predicted octanol–water partition coefficient (Wildman–Crippen LogP) is -0.881. The number of ether oxygens (including phenoxy) is 1. The zero-order valence-electron chi connectivity index (χ0n) is 12.1. The van der Waals surface area contributed by atoms with Crippen LogP contribution in [0.2, 0.25) is 6.82 Å². The van der Waals surface area contributed by atoms with Crippen molar-refractivity contribution >= 4 is 18.9 Å². The van der Waals surface area contributed by atoms with Crippen molar-refractivity contribution in [3.8, 4) is 0 Å². The summed E-state index contributed by atoms with van der Waals surface area (Å²) >= 11 is 0. The topological polar surface area (TPSA) is 90.3 Å². The van der Waals surface area contributed by atoms with Crippen LogP contribution in [0.1, 0.15) is 12.8 Å². The smallest absolute Gasteiger partial charge is 0.376 e. The van der Waals surface area contributed by atoms with Crippen molar-refractivity contribution in [1.29, 1.82) is 0 Å². The Kier molecular flexibility index (Phi) is 3.94. The molecule has 3 saturated heterocycles. The number of fused-ring (bicyclic) bond motifs is 2. The second-order valence-electron chi connectivity index (χ2n) is 6.17. The van der Waals surface area contributed by atoms with Gasteiger partial charge in [-0.25, -0.2) is 0 Å². The molecule has 8 heteroatoms. The Bertz CT molecular complexity index is 438. The van der Waals surface area contributed by atoms with Gasteiger partial charge in [-0.1, -0.05) is 0 Å². The summed E-state index contributed by atoms with van der Waals surface area (Å²) in [6.45, 7) is 4.00. The van der Waals surface area contributed by atoms with E-state index in [9.17, 15) is 19.7 Å². The van der Waals surface area contributed by atoms with Gasteiger partial charge in [-0.15, -0.1) is 0 Å². The van der Waals surface area contributed by atoms with E-state index < -0.39 is 24.9 Å². The minimum absolute atomic E-state index is 0.0974. The van der Waals surface area contributed by atoms with Crippen LogP contribution in [0.25, 0.3) is 0 Å². The number of hydrogen-bond acceptors (Lipinski definition) is 5. The molecule has 0 aromatic rings. The Hall–Kier alpha value is -1.12. The number of carbonyl (C=O) groups excluding carboxylic acids is 1. The Morgan fingerprint density at radius 3 is 2.19 bits per heavy atom. The van der Waals surface area contributed by atoms with Crippen molar-refractivity contribution < 1.29 is 24.5 Å². The molecule has 2 N–H and O–H groups in total. The number of piperazine rings is 1. The number of carboxylic acids is 1. The van der Waals surface area contributed by atoms with E-state index in [0.29, 0.717) is 26.2 Å². The first-order chi connectivity index (χ1) is 9.99. The van der Waals surface area contributed by atoms with Crippen LogP contribution in [-0.4, -0.2) is 77.2 Å². The van der Waals surface area contributed by atoms with Gasteiger partial charge < -0.3 is 24.6 Å². The molecule has 3 fully saturated rings. The van der Waals surface area contributed by atoms with Crippen LogP contribution in [0.3, 0.4) is 0 Å². The third kappa shape index (κ3) is 2.56. The van der Waals surface area contributed by atoms with Crippen molar-refractivity contribution in [2.45, 2.75) is 31.9 Å². The molecule has 7 nitrogen and oxygen atoms in total. The average Bonchev–Trinajstić information content (AvgIpc) is 3.07. The summed E-state index contributed by atoms with van der Waals surface area (Å²) in [6, 6.07) is 0. The van der Waals surface area contributed by atoms with E-state index in [1.54, 1.807) is 11.7 Å². The number of carbonyl (C=O) groups is 2. The maximum Gasteiger partial charge on any atom is 0.376 e. The lowest BCUT2D eigenvalue weighted by Crippen LogP contribution is -2.55. The summed E-state index contributed by atoms with van der Waals surface area (Å²) in [4.78, 5) is 27.7. The second kappa shape index (κ2) is 5.59. The van der Waals surface area contributed by atoms with Crippen LogP contribution in [-0.2, 0) is 14.3 Å². The lowest BCUT2D eigenvalue weighted by Gasteiger charge is -2.38.